The number of hydrogen-bond acceptors (Lipinski definition) is 4. The molecule has 1 rings (SSSR count). The van der Waals surface area contributed by atoms with Crippen LogP contribution in [0.1, 0.15) is 0 Å². The predicted octanol–water partition coefficient (Wildman–Crippen LogP) is 3.40. The van der Waals surface area contributed by atoms with Gasteiger partial charge in [-0.05, 0) is 37.3 Å². The molecule has 0 aromatic rings. The third kappa shape index (κ3) is 2.31. The van der Waals surface area contributed by atoms with Crippen LogP contribution < -0.4 is 0 Å². The first kappa shape index (κ1) is 10.7. The maximum atomic E-state index is 11.0. The molecule has 0 saturated carbocycles. The lowest BCUT2D eigenvalue weighted by atomic mass is 10.5. The fourth-order valence-corrected chi connectivity index (χ4v) is 5.11. The third-order valence-electron chi connectivity index (χ3n) is 1.06. The van der Waals surface area contributed by atoms with Gasteiger partial charge < -0.3 is 4.74 Å². The van der Waals surface area contributed by atoms with Gasteiger partial charge in [-0.15, -0.1) is 0 Å². The van der Waals surface area contributed by atoms with E-state index < -0.39 is 0 Å². The van der Waals surface area contributed by atoms with Gasteiger partial charge in [-0.3, -0.25) is 0 Å². The molecule has 0 fully saturated rings. The molecule has 1 heterocycles. The van der Waals surface area contributed by atoms with Gasteiger partial charge in [-0.25, -0.2) is 4.79 Å². The van der Waals surface area contributed by atoms with Crippen LogP contribution in [0.3, 0.4) is 0 Å². The van der Waals surface area contributed by atoms with Gasteiger partial charge in [-0.2, -0.15) is 0 Å². The van der Waals surface area contributed by atoms with Crippen molar-refractivity contribution in [2.24, 2.45) is 0 Å². The van der Waals surface area contributed by atoms with Crippen LogP contribution >= 0.6 is 53.4 Å². The number of ether oxygens (including phenoxy) is 1. The normalized spacial score (nSPS) is 20.4. The van der Waals surface area contributed by atoms with E-state index in [-0.39, 0.29) is 5.97 Å². The molecule has 0 bridgehead atoms. The molecule has 0 atom stereocenters. The molecule has 2 nitrogen and oxygen atoms in total. The summed E-state index contributed by atoms with van der Waals surface area (Å²) in [6, 6.07) is 0. The summed E-state index contributed by atoms with van der Waals surface area (Å²) in [5, 5.41) is 1.92. The Balaban J connectivity index is 2.90. The Morgan fingerprint density at radius 2 is 2.33 bits per heavy atom. The fraction of sp³-hybridized carbons (Fsp3) is 0.167. The van der Waals surface area contributed by atoms with Gasteiger partial charge in [0.25, 0.3) is 0 Å². The first-order chi connectivity index (χ1) is 5.66. The number of carbonyl (C=O) groups excluding carboxylic acids is 1. The zero-order valence-corrected chi connectivity index (χ0v) is 10.8. The maximum Gasteiger partial charge on any atom is 0.346 e. The Hall–Kier alpha value is 0.610. The molecule has 6 heteroatoms. The average Bonchev–Trinajstić information content (AvgIpc) is 2.48. The lowest BCUT2D eigenvalue weighted by Gasteiger charge is -2.00. The molecular weight excluding hydrogens is 328 g/mol. The number of halogens is 2. The van der Waals surface area contributed by atoms with E-state index in [1.165, 1.54) is 17.9 Å². The highest BCUT2D eigenvalue weighted by Crippen LogP contribution is 2.48. The predicted molar refractivity (Wildman–Crippen MR) is 60.2 cm³/mol. The van der Waals surface area contributed by atoms with Gasteiger partial charge in [0.15, 0.2) is 0 Å². The number of hydrogen-bond donors (Lipinski definition) is 0. The highest BCUT2D eigenvalue weighted by Gasteiger charge is 2.19. The van der Waals surface area contributed by atoms with Crippen molar-refractivity contribution in [2.75, 3.05) is 7.11 Å². The fourth-order valence-electron chi connectivity index (χ4n) is 0.531. The molecular formula is C6H4Br2O2S2. The van der Waals surface area contributed by atoms with Crippen molar-refractivity contribution in [1.82, 2.24) is 0 Å². The second-order valence-electron chi connectivity index (χ2n) is 1.78. The first-order valence-electron chi connectivity index (χ1n) is 2.84. The van der Waals surface area contributed by atoms with Gasteiger partial charge in [0.2, 0.25) is 0 Å². The van der Waals surface area contributed by atoms with E-state index in [9.17, 15) is 4.79 Å². The number of allylic oxidation sites excluding steroid dienone is 1. The van der Waals surface area contributed by atoms with Crippen LogP contribution in [0.15, 0.2) is 19.3 Å². The molecule has 1 aliphatic rings. The average molecular weight is 332 g/mol. The third-order valence-corrected chi connectivity index (χ3v) is 5.33. The molecule has 66 valence electrons. The molecule has 0 aromatic carbocycles. The van der Waals surface area contributed by atoms with Crippen molar-refractivity contribution in [3.63, 3.8) is 0 Å². The minimum atomic E-state index is -0.356. The molecule has 0 aromatic heterocycles. The zero-order chi connectivity index (χ0) is 9.14. The molecule has 0 spiro atoms. The van der Waals surface area contributed by atoms with E-state index in [0.717, 1.165) is 9.39 Å². The Labute approximate surface area is 94.8 Å². The number of esters is 1. The molecule has 0 saturated heterocycles. The summed E-state index contributed by atoms with van der Waals surface area (Å²) in [5.74, 6) is -0.356. The summed E-state index contributed by atoms with van der Waals surface area (Å²) in [5.41, 5.74) is 0. The van der Waals surface area contributed by atoms with Crippen LogP contribution in [0.25, 0.3) is 0 Å². The van der Waals surface area contributed by atoms with Gasteiger partial charge in [0.1, 0.15) is 4.48 Å². The van der Waals surface area contributed by atoms with E-state index in [1.807, 2.05) is 5.41 Å². The SMILES string of the molecule is COC(=O)/C(Br)=C1\SSC=C1Br. The van der Waals surface area contributed by atoms with Crippen LogP contribution in [0, 0.1) is 0 Å². The Morgan fingerprint density at radius 1 is 1.67 bits per heavy atom. The van der Waals surface area contributed by atoms with Crippen molar-refractivity contribution in [2.45, 2.75) is 0 Å². The Kier molecular flexibility index (Phi) is 4.22. The molecule has 0 aliphatic carbocycles. The molecule has 0 radical (unpaired) electrons. The van der Waals surface area contributed by atoms with Crippen molar-refractivity contribution in [3.8, 4) is 0 Å². The van der Waals surface area contributed by atoms with Gasteiger partial charge in [0.05, 0.1) is 12.0 Å². The van der Waals surface area contributed by atoms with Crippen LogP contribution in [-0.4, -0.2) is 13.1 Å². The van der Waals surface area contributed by atoms with Crippen molar-refractivity contribution in [3.05, 3.63) is 19.3 Å². The molecule has 12 heavy (non-hydrogen) atoms. The standard InChI is InChI=1S/C6H4Br2O2S2/c1-10-6(9)4(8)5-3(7)2-11-12-5/h2H,1H3/b5-4+. The van der Waals surface area contributed by atoms with Gasteiger partial charge >= 0.3 is 5.97 Å². The van der Waals surface area contributed by atoms with Crippen LogP contribution in [0.4, 0.5) is 0 Å². The summed E-state index contributed by atoms with van der Waals surface area (Å²) in [6.45, 7) is 0. The summed E-state index contributed by atoms with van der Waals surface area (Å²) < 4.78 is 5.93. The van der Waals surface area contributed by atoms with E-state index in [0.29, 0.717) is 4.48 Å². The monoisotopic (exact) mass is 330 g/mol. The summed E-state index contributed by atoms with van der Waals surface area (Å²) in [6.07, 6.45) is 0. The zero-order valence-electron chi connectivity index (χ0n) is 5.97. The van der Waals surface area contributed by atoms with E-state index in [4.69, 9.17) is 0 Å². The molecule has 0 unspecified atom stereocenters. The van der Waals surface area contributed by atoms with Gasteiger partial charge in [-0.1, -0.05) is 21.6 Å². The van der Waals surface area contributed by atoms with Crippen molar-refractivity contribution >= 4 is 59.4 Å². The van der Waals surface area contributed by atoms with Crippen LogP contribution in [-0.2, 0) is 9.53 Å². The maximum absolute atomic E-state index is 11.0. The minimum absolute atomic E-state index is 0.356. The largest absolute Gasteiger partial charge is 0.465 e. The lowest BCUT2D eigenvalue weighted by Crippen LogP contribution is -2.00. The lowest BCUT2D eigenvalue weighted by molar-refractivity contribution is -0.135. The highest BCUT2D eigenvalue weighted by molar-refractivity contribution is 9.13. The quantitative estimate of drug-likeness (QED) is 0.418. The minimum Gasteiger partial charge on any atom is -0.465 e. The van der Waals surface area contributed by atoms with E-state index in [1.54, 1.807) is 10.8 Å². The first-order valence-corrected chi connectivity index (χ1v) is 6.64. The Morgan fingerprint density at radius 3 is 2.75 bits per heavy atom. The summed E-state index contributed by atoms with van der Waals surface area (Å²) in [7, 11) is 4.43. The number of carbonyl (C=O) groups is 1. The van der Waals surface area contributed by atoms with Gasteiger partial charge in [0, 0.05) is 4.48 Å². The van der Waals surface area contributed by atoms with E-state index >= 15 is 0 Å². The highest BCUT2D eigenvalue weighted by atomic mass is 79.9. The second kappa shape index (κ2) is 4.74. The Bertz CT molecular complexity index is 273. The molecule has 0 N–H and O–H groups in total. The van der Waals surface area contributed by atoms with Crippen molar-refractivity contribution < 1.29 is 9.53 Å². The number of methoxy groups -OCH3 is 1. The molecule has 1 aliphatic heterocycles. The summed E-state index contributed by atoms with van der Waals surface area (Å²) >= 11 is 6.50. The molecule has 0 amide bonds. The van der Waals surface area contributed by atoms with Crippen LogP contribution in [0.5, 0.6) is 0 Å². The second-order valence-corrected chi connectivity index (χ2v) is 5.51. The topological polar surface area (TPSA) is 26.3 Å². The summed E-state index contributed by atoms with van der Waals surface area (Å²) in [4.78, 5) is 11.9. The van der Waals surface area contributed by atoms with Crippen LogP contribution in [0.2, 0.25) is 0 Å². The van der Waals surface area contributed by atoms with Crippen molar-refractivity contribution in [1.29, 1.82) is 0 Å². The number of rotatable bonds is 1. The smallest absolute Gasteiger partial charge is 0.346 e. The van der Waals surface area contributed by atoms with E-state index in [2.05, 4.69) is 36.6 Å².